The lowest BCUT2D eigenvalue weighted by atomic mass is 10.3. The Morgan fingerprint density at radius 3 is 2.29 bits per heavy atom. The van der Waals surface area contributed by atoms with E-state index in [1.807, 2.05) is 7.05 Å². The maximum Gasteiger partial charge on any atom is 0.327 e. The van der Waals surface area contributed by atoms with Crippen molar-refractivity contribution in [2.45, 2.75) is 13.0 Å². The lowest BCUT2D eigenvalue weighted by molar-refractivity contribution is -0.140. The average molecular weight is 319 g/mol. The van der Waals surface area contributed by atoms with Gasteiger partial charge in [-0.2, -0.15) is 0 Å². The van der Waals surface area contributed by atoms with Crippen LogP contribution < -0.4 is 5.32 Å². The smallest absolute Gasteiger partial charge is 0.327 e. The summed E-state index contributed by atoms with van der Waals surface area (Å²) in [6, 6.07) is -1.23. The molecular formula is C12H21N3O5S. The SMILES string of the molecule is CC(=O)N[C@@H](CS(=O)CC(=O)N1CCN(C)CC1)C(=O)O. The van der Waals surface area contributed by atoms with E-state index < -0.39 is 28.7 Å². The van der Waals surface area contributed by atoms with Crippen molar-refractivity contribution < 1.29 is 23.7 Å². The highest BCUT2D eigenvalue weighted by atomic mass is 32.2. The second-order valence-corrected chi connectivity index (χ2v) is 6.53. The summed E-state index contributed by atoms with van der Waals surface area (Å²) in [5, 5.41) is 11.1. The summed E-state index contributed by atoms with van der Waals surface area (Å²) in [5.74, 6) is -2.50. The molecule has 0 aromatic rings. The van der Waals surface area contributed by atoms with Gasteiger partial charge in [-0.3, -0.25) is 13.8 Å². The first-order valence-electron chi connectivity index (χ1n) is 6.60. The number of likely N-dealkylation sites (N-methyl/N-ethyl adjacent to an activating group) is 1. The van der Waals surface area contributed by atoms with Crippen LogP contribution in [0.3, 0.4) is 0 Å². The molecule has 9 heteroatoms. The molecule has 1 rings (SSSR count). The van der Waals surface area contributed by atoms with Crippen molar-refractivity contribution in [2.75, 3.05) is 44.7 Å². The third-order valence-electron chi connectivity index (χ3n) is 3.17. The summed E-state index contributed by atoms with van der Waals surface area (Å²) in [7, 11) is 0.335. The minimum absolute atomic E-state index is 0.215. The molecule has 2 atom stereocenters. The Morgan fingerprint density at radius 2 is 1.81 bits per heavy atom. The molecule has 1 aliphatic heterocycles. The van der Waals surface area contributed by atoms with Crippen molar-refractivity contribution in [1.82, 2.24) is 15.1 Å². The van der Waals surface area contributed by atoms with Crippen LogP contribution in [0.5, 0.6) is 0 Å². The number of hydrogen-bond donors (Lipinski definition) is 2. The van der Waals surface area contributed by atoms with E-state index in [1.165, 1.54) is 6.92 Å². The van der Waals surface area contributed by atoms with E-state index in [0.717, 1.165) is 13.1 Å². The van der Waals surface area contributed by atoms with Crippen LogP contribution >= 0.6 is 0 Å². The fraction of sp³-hybridized carbons (Fsp3) is 0.750. The second-order valence-electron chi connectivity index (χ2n) is 5.03. The number of carbonyl (C=O) groups excluding carboxylic acids is 2. The van der Waals surface area contributed by atoms with Gasteiger partial charge in [-0.1, -0.05) is 0 Å². The Hall–Kier alpha value is -1.48. The number of carboxylic acid groups (broad SMARTS) is 1. The van der Waals surface area contributed by atoms with Crippen LogP contribution in [-0.4, -0.2) is 87.7 Å². The van der Waals surface area contributed by atoms with E-state index >= 15 is 0 Å². The molecule has 0 spiro atoms. The molecular weight excluding hydrogens is 298 g/mol. The molecule has 8 nitrogen and oxygen atoms in total. The zero-order valence-corrected chi connectivity index (χ0v) is 13.0. The number of nitrogens with zero attached hydrogens (tertiary/aromatic N) is 2. The highest BCUT2D eigenvalue weighted by molar-refractivity contribution is 7.85. The van der Waals surface area contributed by atoms with Crippen molar-refractivity contribution in [3.63, 3.8) is 0 Å². The van der Waals surface area contributed by atoms with Gasteiger partial charge in [0.15, 0.2) is 0 Å². The normalized spacial score (nSPS) is 18.9. The van der Waals surface area contributed by atoms with Crippen LogP contribution in [0.15, 0.2) is 0 Å². The number of carboxylic acids is 1. The third kappa shape index (κ3) is 6.21. The summed E-state index contributed by atoms with van der Waals surface area (Å²) >= 11 is 0. The molecule has 1 aliphatic rings. The van der Waals surface area contributed by atoms with Crippen molar-refractivity contribution >= 4 is 28.6 Å². The number of nitrogens with one attached hydrogen (secondary N) is 1. The van der Waals surface area contributed by atoms with Crippen molar-refractivity contribution in [2.24, 2.45) is 0 Å². The van der Waals surface area contributed by atoms with E-state index in [4.69, 9.17) is 5.11 Å². The number of aliphatic carboxylic acids is 1. The minimum Gasteiger partial charge on any atom is -0.480 e. The summed E-state index contributed by atoms with van der Waals surface area (Å²) in [5.41, 5.74) is 0. The van der Waals surface area contributed by atoms with E-state index in [2.05, 4.69) is 10.2 Å². The van der Waals surface area contributed by atoms with Crippen LogP contribution in [-0.2, 0) is 25.2 Å². The maximum atomic E-state index is 12.0. The van der Waals surface area contributed by atoms with E-state index in [0.29, 0.717) is 13.1 Å². The molecule has 0 aliphatic carbocycles. The van der Waals surface area contributed by atoms with Crippen LogP contribution in [0.4, 0.5) is 0 Å². The Kier molecular flexibility index (Phi) is 6.76. The van der Waals surface area contributed by atoms with Gasteiger partial charge in [0.1, 0.15) is 11.8 Å². The van der Waals surface area contributed by atoms with Gasteiger partial charge in [0.25, 0.3) is 0 Å². The predicted octanol–water partition coefficient (Wildman–Crippen LogP) is -1.90. The van der Waals surface area contributed by atoms with Gasteiger partial charge in [0.05, 0.1) is 5.75 Å². The van der Waals surface area contributed by atoms with Gasteiger partial charge in [-0.15, -0.1) is 0 Å². The molecule has 1 saturated heterocycles. The largest absolute Gasteiger partial charge is 0.480 e. The molecule has 1 heterocycles. The van der Waals surface area contributed by atoms with Crippen LogP contribution in [0.2, 0.25) is 0 Å². The van der Waals surface area contributed by atoms with Crippen molar-refractivity contribution in [3.8, 4) is 0 Å². The molecule has 1 fully saturated rings. The lowest BCUT2D eigenvalue weighted by Crippen LogP contribution is -2.49. The third-order valence-corrected chi connectivity index (χ3v) is 4.44. The fourth-order valence-corrected chi connectivity index (χ4v) is 3.12. The molecule has 2 N–H and O–H groups in total. The van der Waals surface area contributed by atoms with Crippen molar-refractivity contribution in [3.05, 3.63) is 0 Å². The van der Waals surface area contributed by atoms with Crippen molar-refractivity contribution in [1.29, 1.82) is 0 Å². The van der Waals surface area contributed by atoms with Gasteiger partial charge in [-0.05, 0) is 7.05 Å². The van der Waals surface area contributed by atoms with Crippen LogP contribution in [0.1, 0.15) is 6.92 Å². The number of rotatable bonds is 6. The number of amides is 2. The molecule has 1 unspecified atom stereocenters. The second kappa shape index (κ2) is 8.08. The first-order valence-corrected chi connectivity index (χ1v) is 8.09. The van der Waals surface area contributed by atoms with Gasteiger partial charge >= 0.3 is 5.97 Å². The standard InChI is InChI=1S/C12H21N3O5S/c1-9(16)13-10(12(18)19)7-21(20)8-11(17)15-5-3-14(2)4-6-15/h10H,3-8H2,1-2H3,(H,13,16)(H,18,19)/t10-,21?/m0/s1. The summed E-state index contributed by atoms with van der Waals surface area (Å²) in [6.45, 7) is 3.89. The molecule has 2 amide bonds. The lowest BCUT2D eigenvalue weighted by Gasteiger charge is -2.32. The Labute approximate surface area is 125 Å². The zero-order chi connectivity index (χ0) is 16.0. The molecule has 120 valence electrons. The molecule has 0 radical (unpaired) electrons. The Bertz CT molecular complexity index is 435. The minimum atomic E-state index is -1.63. The highest BCUT2D eigenvalue weighted by Crippen LogP contribution is 2.01. The van der Waals surface area contributed by atoms with Gasteiger partial charge in [0, 0.05) is 43.9 Å². The predicted molar refractivity (Wildman–Crippen MR) is 77.2 cm³/mol. The first kappa shape index (κ1) is 17.6. The maximum absolute atomic E-state index is 12.0. The highest BCUT2D eigenvalue weighted by Gasteiger charge is 2.25. The van der Waals surface area contributed by atoms with Crippen LogP contribution in [0.25, 0.3) is 0 Å². The van der Waals surface area contributed by atoms with Gasteiger partial charge < -0.3 is 20.2 Å². The molecule has 0 aromatic carbocycles. The van der Waals surface area contributed by atoms with Crippen LogP contribution in [0, 0.1) is 0 Å². The zero-order valence-electron chi connectivity index (χ0n) is 12.2. The van der Waals surface area contributed by atoms with E-state index in [-0.39, 0.29) is 17.4 Å². The number of piperazine rings is 1. The van der Waals surface area contributed by atoms with E-state index in [1.54, 1.807) is 4.90 Å². The average Bonchev–Trinajstić information content (AvgIpc) is 2.37. The Balaban J connectivity index is 2.46. The topological polar surface area (TPSA) is 107 Å². The van der Waals surface area contributed by atoms with E-state index in [9.17, 15) is 18.6 Å². The number of carbonyl (C=O) groups is 3. The molecule has 0 aromatic heterocycles. The van der Waals surface area contributed by atoms with Gasteiger partial charge in [0.2, 0.25) is 11.8 Å². The molecule has 0 bridgehead atoms. The molecule has 0 saturated carbocycles. The summed E-state index contributed by atoms with van der Waals surface area (Å²) in [6.07, 6.45) is 0. The quantitative estimate of drug-likeness (QED) is 0.592. The molecule has 21 heavy (non-hydrogen) atoms. The summed E-state index contributed by atoms with van der Waals surface area (Å²) < 4.78 is 11.9. The monoisotopic (exact) mass is 319 g/mol. The first-order chi connectivity index (χ1) is 9.79. The summed E-state index contributed by atoms with van der Waals surface area (Å²) in [4.78, 5) is 37.5. The van der Waals surface area contributed by atoms with Gasteiger partial charge in [-0.25, -0.2) is 4.79 Å². The Morgan fingerprint density at radius 1 is 1.24 bits per heavy atom. The number of hydrogen-bond acceptors (Lipinski definition) is 5. The fourth-order valence-electron chi connectivity index (χ4n) is 1.95.